The molecule has 0 bridgehead atoms. The molecule has 2 N–H and O–H groups in total. The first-order valence-corrected chi connectivity index (χ1v) is 9.02. The number of hydrogen-bond acceptors (Lipinski definition) is 4. The van der Waals surface area contributed by atoms with Crippen molar-refractivity contribution in [1.82, 2.24) is 4.90 Å². The third-order valence-electron chi connectivity index (χ3n) is 4.38. The van der Waals surface area contributed by atoms with Crippen LogP contribution in [0, 0.1) is 5.92 Å². The number of anilines is 1. The Balaban J connectivity index is 1.59. The van der Waals surface area contributed by atoms with Crippen molar-refractivity contribution in [2.75, 3.05) is 19.0 Å². The number of carboxylic acids is 1. The van der Waals surface area contributed by atoms with Crippen LogP contribution in [0.25, 0.3) is 0 Å². The monoisotopic (exact) mass is 382 g/mol. The predicted octanol–water partition coefficient (Wildman–Crippen LogP) is 2.77. The summed E-state index contributed by atoms with van der Waals surface area (Å²) in [7, 11) is 1.70. The molecule has 0 saturated heterocycles. The quantitative estimate of drug-likeness (QED) is 0.732. The van der Waals surface area contributed by atoms with E-state index < -0.39 is 12.6 Å². The van der Waals surface area contributed by atoms with Crippen LogP contribution in [0.4, 0.5) is 5.69 Å². The minimum Gasteiger partial charge on any atom is -0.482 e. The average Bonchev–Trinajstić information content (AvgIpc) is 3.52. The van der Waals surface area contributed by atoms with Gasteiger partial charge in [0.1, 0.15) is 5.75 Å². The van der Waals surface area contributed by atoms with E-state index in [0.717, 1.165) is 18.4 Å². The van der Waals surface area contributed by atoms with Crippen molar-refractivity contribution < 1.29 is 24.2 Å². The maximum absolute atomic E-state index is 12.7. The third-order valence-corrected chi connectivity index (χ3v) is 4.38. The molecule has 0 aromatic heterocycles. The minimum atomic E-state index is -1.04. The van der Waals surface area contributed by atoms with E-state index in [1.165, 1.54) is 0 Å². The molecule has 0 aliphatic heterocycles. The van der Waals surface area contributed by atoms with E-state index in [4.69, 9.17) is 9.84 Å². The number of carbonyl (C=O) groups excluding carboxylic acids is 2. The van der Waals surface area contributed by atoms with Gasteiger partial charge >= 0.3 is 5.97 Å². The summed E-state index contributed by atoms with van der Waals surface area (Å²) in [6.45, 7) is -0.0118. The Morgan fingerprint density at radius 2 is 1.86 bits per heavy atom. The molecule has 7 heteroatoms. The average molecular weight is 382 g/mol. The second-order valence-electron chi connectivity index (χ2n) is 6.83. The van der Waals surface area contributed by atoms with Crippen molar-refractivity contribution in [2.24, 2.45) is 5.92 Å². The van der Waals surface area contributed by atoms with Crippen LogP contribution < -0.4 is 10.1 Å². The molecule has 0 heterocycles. The molecule has 28 heavy (non-hydrogen) atoms. The molecule has 0 atom stereocenters. The van der Waals surface area contributed by atoms with Gasteiger partial charge in [-0.3, -0.25) is 9.59 Å². The van der Waals surface area contributed by atoms with Crippen molar-refractivity contribution >= 4 is 23.5 Å². The number of benzene rings is 2. The highest BCUT2D eigenvalue weighted by molar-refractivity contribution is 5.98. The lowest BCUT2D eigenvalue weighted by Crippen LogP contribution is -2.26. The lowest BCUT2D eigenvalue weighted by molar-refractivity contribution is -0.139. The molecule has 0 spiro atoms. The van der Waals surface area contributed by atoms with E-state index in [1.54, 1.807) is 60.5 Å². The maximum Gasteiger partial charge on any atom is 0.341 e. The van der Waals surface area contributed by atoms with Crippen LogP contribution in [0.1, 0.15) is 28.8 Å². The molecule has 1 fully saturated rings. The Morgan fingerprint density at radius 1 is 1.14 bits per heavy atom. The number of nitrogens with zero attached hydrogens (tertiary/aromatic N) is 1. The summed E-state index contributed by atoms with van der Waals surface area (Å²) in [5, 5.41) is 11.5. The van der Waals surface area contributed by atoms with E-state index >= 15 is 0 Å². The summed E-state index contributed by atoms with van der Waals surface area (Å²) in [6.07, 6.45) is 1.85. The highest BCUT2D eigenvalue weighted by Gasteiger charge is 2.29. The van der Waals surface area contributed by atoms with Gasteiger partial charge in [0.2, 0.25) is 5.91 Å². The van der Waals surface area contributed by atoms with Crippen molar-refractivity contribution in [3.63, 3.8) is 0 Å². The highest BCUT2D eigenvalue weighted by Crippen LogP contribution is 2.30. The molecule has 0 unspecified atom stereocenters. The first-order valence-electron chi connectivity index (χ1n) is 9.02. The zero-order chi connectivity index (χ0) is 20.1. The molecule has 146 valence electrons. The summed E-state index contributed by atoms with van der Waals surface area (Å²) in [4.78, 5) is 36.7. The zero-order valence-electron chi connectivity index (χ0n) is 15.6. The van der Waals surface area contributed by atoms with Gasteiger partial charge in [0.25, 0.3) is 5.91 Å². The third kappa shape index (κ3) is 5.33. The second kappa shape index (κ2) is 8.56. The Hall–Kier alpha value is -3.35. The molecule has 2 aromatic rings. The van der Waals surface area contributed by atoms with Gasteiger partial charge in [-0.1, -0.05) is 18.2 Å². The highest BCUT2D eigenvalue weighted by atomic mass is 16.5. The first kappa shape index (κ1) is 19.4. The normalized spacial score (nSPS) is 12.9. The summed E-state index contributed by atoms with van der Waals surface area (Å²) in [5.74, 6) is -0.634. The van der Waals surface area contributed by atoms with Gasteiger partial charge in [-0.15, -0.1) is 0 Å². The molecule has 1 aliphatic rings. The topological polar surface area (TPSA) is 95.9 Å². The van der Waals surface area contributed by atoms with E-state index in [1.807, 2.05) is 0 Å². The smallest absolute Gasteiger partial charge is 0.341 e. The van der Waals surface area contributed by atoms with Crippen molar-refractivity contribution in [1.29, 1.82) is 0 Å². The number of nitrogens with one attached hydrogen (secondary N) is 1. The van der Waals surface area contributed by atoms with Gasteiger partial charge in [-0.05, 0) is 48.7 Å². The van der Waals surface area contributed by atoms with Crippen LogP contribution in [0.5, 0.6) is 5.75 Å². The summed E-state index contributed by atoms with van der Waals surface area (Å²) in [5.41, 5.74) is 2.00. The first-order chi connectivity index (χ1) is 13.4. The van der Waals surface area contributed by atoms with E-state index in [2.05, 4.69) is 5.32 Å². The van der Waals surface area contributed by atoms with Crippen LogP contribution in [-0.4, -0.2) is 41.4 Å². The number of aliphatic carboxylic acids is 1. The van der Waals surface area contributed by atoms with Gasteiger partial charge < -0.3 is 20.1 Å². The van der Waals surface area contributed by atoms with Crippen molar-refractivity contribution in [3.8, 4) is 5.75 Å². The number of carbonyl (C=O) groups is 3. The van der Waals surface area contributed by atoms with Crippen LogP contribution in [0.15, 0.2) is 48.5 Å². The van der Waals surface area contributed by atoms with E-state index in [9.17, 15) is 14.4 Å². The van der Waals surface area contributed by atoms with Crippen LogP contribution in [-0.2, 0) is 16.1 Å². The standard InChI is InChI=1S/C21H22N2O5/c1-23(12-14-5-9-18(10-6-14)28-13-19(24)25)21(27)16-3-2-4-17(11-16)22-20(26)15-7-8-15/h2-6,9-11,15H,7-8,12-13H2,1H3,(H,22,26)(H,24,25). The molecule has 0 radical (unpaired) electrons. The summed E-state index contributed by atoms with van der Waals surface area (Å²) in [6, 6.07) is 13.8. The second-order valence-corrected chi connectivity index (χ2v) is 6.83. The minimum absolute atomic E-state index is 0.00293. The Labute approximate surface area is 162 Å². The van der Waals surface area contributed by atoms with Gasteiger partial charge in [0, 0.05) is 30.8 Å². The maximum atomic E-state index is 12.7. The Kier molecular flexibility index (Phi) is 5.93. The Morgan fingerprint density at radius 3 is 2.50 bits per heavy atom. The van der Waals surface area contributed by atoms with Crippen molar-refractivity contribution in [2.45, 2.75) is 19.4 Å². The number of ether oxygens (including phenoxy) is 1. The molecule has 3 rings (SSSR count). The van der Waals surface area contributed by atoms with Crippen LogP contribution in [0.2, 0.25) is 0 Å². The van der Waals surface area contributed by atoms with E-state index in [-0.39, 0.29) is 17.7 Å². The SMILES string of the molecule is CN(Cc1ccc(OCC(=O)O)cc1)C(=O)c1cccc(NC(=O)C2CC2)c1. The van der Waals surface area contributed by atoms with Crippen LogP contribution in [0.3, 0.4) is 0 Å². The van der Waals surface area contributed by atoms with Gasteiger partial charge in [0.15, 0.2) is 6.61 Å². The van der Waals surface area contributed by atoms with E-state index in [0.29, 0.717) is 23.5 Å². The molecule has 2 aromatic carbocycles. The zero-order valence-corrected chi connectivity index (χ0v) is 15.6. The largest absolute Gasteiger partial charge is 0.482 e. The lowest BCUT2D eigenvalue weighted by atomic mass is 10.1. The fourth-order valence-corrected chi connectivity index (χ4v) is 2.72. The number of carboxylic acid groups (broad SMARTS) is 1. The number of rotatable bonds is 8. The molecular formula is C21H22N2O5. The summed E-state index contributed by atoms with van der Waals surface area (Å²) >= 11 is 0. The van der Waals surface area contributed by atoms with Gasteiger partial charge in [0.05, 0.1) is 0 Å². The fraction of sp³-hybridized carbons (Fsp3) is 0.286. The predicted molar refractivity (Wildman–Crippen MR) is 103 cm³/mol. The van der Waals surface area contributed by atoms with Crippen LogP contribution >= 0.6 is 0 Å². The number of hydrogen-bond donors (Lipinski definition) is 2. The Bertz CT molecular complexity index is 875. The molecule has 1 saturated carbocycles. The van der Waals surface area contributed by atoms with Gasteiger partial charge in [-0.25, -0.2) is 4.79 Å². The molecule has 7 nitrogen and oxygen atoms in total. The number of amides is 2. The van der Waals surface area contributed by atoms with Gasteiger partial charge in [-0.2, -0.15) is 0 Å². The lowest BCUT2D eigenvalue weighted by Gasteiger charge is -2.18. The molecule has 1 aliphatic carbocycles. The molecule has 2 amide bonds. The molecular weight excluding hydrogens is 360 g/mol. The summed E-state index contributed by atoms with van der Waals surface area (Å²) < 4.78 is 5.10. The van der Waals surface area contributed by atoms with Crippen molar-refractivity contribution in [3.05, 3.63) is 59.7 Å². The fourth-order valence-electron chi connectivity index (χ4n) is 2.72.